The van der Waals surface area contributed by atoms with Gasteiger partial charge in [-0.3, -0.25) is 4.68 Å². The van der Waals surface area contributed by atoms with Gasteiger partial charge in [-0.15, -0.1) is 0 Å². The van der Waals surface area contributed by atoms with Gasteiger partial charge in [-0.1, -0.05) is 13.0 Å². The molecule has 0 spiro atoms. The minimum Gasteiger partial charge on any atom is -0.370 e. The first-order chi connectivity index (χ1) is 10.1. The SMILES string of the molecule is CCCNCc1c(F)cccc1N(C)Cc1cnn(C)c1. The summed E-state index contributed by atoms with van der Waals surface area (Å²) < 4.78 is 15.9. The summed E-state index contributed by atoms with van der Waals surface area (Å²) in [6.07, 6.45) is 4.85. The fraction of sp³-hybridized carbons (Fsp3) is 0.438. The van der Waals surface area contributed by atoms with Crippen LogP contribution in [0.5, 0.6) is 0 Å². The van der Waals surface area contributed by atoms with Crippen LogP contribution in [-0.2, 0) is 20.1 Å². The van der Waals surface area contributed by atoms with Gasteiger partial charge in [0.2, 0.25) is 0 Å². The number of nitrogens with zero attached hydrogens (tertiary/aromatic N) is 3. The van der Waals surface area contributed by atoms with E-state index < -0.39 is 0 Å². The molecule has 2 aromatic rings. The van der Waals surface area contributed by atoms with Crippen LogP contribution in [0.25, 0.3) is 0 Å². The Morgan fingerprint density at radius 3 is 2.86 bits per heavy atom. The first-order valence-electron chi connectivity index (χ1n) is 7.28. The molecule has 2 rings (SSSR count). The molecule has 1 aromatic heterocycles. The van der Waals surface area contributed by atoms with Gasteiger partial charge in [0.05, 0.1) is 6.20 Å². The summed E-state index contributed by atoms with van der Waals surface area (Å²) in [5.74, 6) is -0.158. The van der Waals surface area contributed by atoms with Gasteiger partial charge in [0, 0.05) is 50.2 Å². The molecule has 5 heteroatoms. The summed E-state index contributed by atoms with van der Waals surface area (Å²) >= 11 is 0. The molecule has 0 aliphatic carbocycles. The molecule has 0 atom stereocenters. The lowest BCUT2D eigenvalue weighted by atomic mass is 10.1. The standard InChI is InChI=1S/C16H23FN4/c1-4-8-18-10-14-15(17)6-5-7-16(14)20(2)11-13-9-19-21(3)12-13/h5-7,9,12,18H,4,8,10-11H2,1-3H3. The number of halogens is 1. The molecule has 0 unspecified atom stereocenters. The maximum Gasteiger partial charge on any atom is 0.129 e. The number of aromatic nitrogens is 2. The molecule has 0 aliphatic heterocycles. The van der Waals surface area contributed by atoms with Crippen LogP contribution >= 0.6 is 0 Å². The van der Waals surface area contributed by atoms with Crippen LogP contribution in [0.4, 0.5) is 10.1 Å². The van der Waals surface area contributed by atoms with Gasteiger partial charge in [-0.25, -0.2) is 4.39 Å². The minimum atomic E-state index is -0.158. The molecule has 1 heterocycles. The van der Waals surface area contributed by atoms with Crippen molar-refractivity contribution in [2.24, 2.45) is 7.05 Å². The van der Waals surface area contributed by atoms with Crippen LogP contribution in [0.2, 0.25) is 0 Å². The summed E-state index contributed by atoms with van der Waals surface area (Å²) in [4.78, 5) is 2.06. The third kappa shape index (κ3) is 4.04. The molecule has 0 radical (unpaired) electrons. The van der Waals surface area contributed by atoms with E-state index >= 15 is 0 Å². The highest BCUT2D eigenvalue weighted by Gasteiger charge is 2.12. The fourth-order valence-corrected chi connectivity index (χ4v) is 2.38. The maximum atomic E-state index is 14.1. The molecule has 0 saturated heterocycles. The Bertz CT molecular complexity index is 579. The Labute approximate surface area is 125 Å². The Morgan fingerprint density at radius 2 is 2.19 bits per heavy atom. The van der Waals surface area contributed by atoms with Crippen molar-refractivity contribution in [1.29, 1.82) is 0 Å². The van der Waals surface area contributed by atoms with Crippen LogP contribution in [0.1, 0.15) is 24.5 Å². The number of nitrogens with one attached hydrogen (secondary N) is 1. The van der Waals surface area contributed by atoms with Gasteiger partial charge in [-0.2, -0.15) is 5.10 Å². The van der Waals surface area contributed by atoms with Crippen molar-refractivity contribution in [1.82, 2.24) is 15.1 Å². The van der Waals surface area contributed by atoms with Crippen LogP contribution in [0, 0.1) is 5.82 Å². The predicted octanol–water partition coefficient (Wildman–Crippen LogP) is 2.70. The minimum absolute atomic E-state index is 0.158. The zero-order valence-corrected chi connectivity index (χ0v) is 12.9. The van der Waals surface area contributed by atoms with E-state index in [2.05, 4.69) is 22.2 Å². The molecule has 0 amide bonds. The van der Waals surface area contributed by atoms with E-state index in [1.807, 2.05) is 32.6 Å². The molecule has 0 aliphatic rings. The summed E-state index contributed by atoms with van der Waals surface area (Å²) in [6, 6.07) is 5.24. The molecule has 21 heavy (non-hydrogen) atoms. The van der Waals surface area contributed by atoms with Crippen LogP contribution in [0.15, 0.2) is 30.6 Å². The molecule has 0 bridgehead atoms. The summed E-state index contributed by atoms with van der Waals surface area (Å²) in [5.41, 5.74) is 2.75. The van der Waals surface area contributed by atoms with E-state index in [1.165, 1.54) is 6.07 Å². The second-order valence-corrected chi connectivity index (χ2v) is 5.29. The van der Waals surface area contributed by atoms with Gasteiger partial charge in [-0.05, 0) is 25.1 Å². The second-order valence-electron chi connectivity index (χ2n) is 5.29. The smallest absolute Gasteiger partial charge is 0.129 e. The number of anilines is 1. The molecular formula is C16H23FN4. The molecule has 0 saturated carbocycles. The van der Waals surface area contributed by atoms with Gasteiger partial charge in [0.1, 0.15) is 5.82 Å². The average Bonchev–Trinajstić information content (AvgIpc) is 2.86. The molecule has 1 aromatic carbocycles. The Balaban J connectivity index is 2.15. The van der Waals surface area contributed by atoms with Crippen LogP contribution in [-0.4, -0.2) is 23.4 Å². The van der Waals surface area contributed by atoms with Crippen molar-refractivity contribution in [3.63, 3.8) is 0 Å². The number of benzene rings is 1. The predicted molar refractivity (Wildman–Crippen MR) is 83.7 cm³/mol. The van der Waals surface area contributed by atoms with E-state index in [1.54, 1.807) is 10.7 Å². The number of hydrogen-bond acceptors (Lipinski definition) is 3. The molecular weight excluding hydrogens is 267 g/mol. The van der Waals surface area contributed by atoms with Crippen molar-refractivity contribution in [2.45, 2.75) is 26.4 Å². The average molecular weight is 290 g/mol. The quantitative estimate of drug-likeness (QED) is 0.796. The number of rotatable bonds is 7. The summed E-state index contributed by atoms with van der Waals surface area (Å²) in [6.45, 7) is 4.25. The highest BCUT2D eigenvalue weighted by atomic mass is 19.1. The molecule has 114 valence electrons. The van der Waals surface area contributed by atoms with E-state index in [4.69, 9.17) is 0 Å². The fourth-order valence-electron chi connectivity index (χ4n) is 2.38. The van der Waals surface area contributed by atoms with Crippen molar-refractivity contribution >= 4 is 5.69 Å². The monoisotopic (exact) mass is 290 g/mol. The van der Waals surface area contributed by atoms with Crippen LogP contribution < -0.4 is 10.2 Å². The van der Waals surface area contributed by atoms with E-state index in [0.717, 1.165) is 29.8 Å². The topological polar surface area (TPSA) is 33.1 Å². The van der Waals surface area contributed by atoms with Crippen molar-refractivity contribution in [3.05, 3.63) is 47.5 Å². The lowest BCUT2D eigenvalue weighted by molar-refractivity contribution is 0.585. The third-order valence-corrected chi connectivity index (χ3v) is 3.41. The summed E-state index contributed by atoms with van der Waals surface area (Å²) in [7, 11) is 3.87. The zero-order chi connectivity index (χ0) is 15.2. The molecule has 1 N–H and O–H groups in total. The Kier molecular flexibility index (Phi) is 5.33. The zero-order valence-electron chi connectivity index (χ0n) is 12.9. The molecule has 0 fully saturated rings. The van der Waals surface area contributed by atoms with Crippen molar-refractivity contribution in [3.8, 4) is 0 Å². The van der Waals surface area contributed by atoms with Gasteiger partial charge >= 0.3 is 0 Å². The van der Waals surface area contributed by atoms with Crippen molar-refractivity contribution in [2.75, 3.05) is 18.5 Å². The number of hydrogen-bond donors (Lipinski definition) is 1. The first kappa shape index (κ1) is 15.5. The molecule has 4 nitrogen and oxygen atoms in total. The van der Waals surface area contributed by atoms with Crippen molar-refractivity contribution < 1.29 is 4.39 Å². The van der Waals surface area contributed by atoms with Gasteiger partial charge in [0.15, 0.2) is 0 Å². The number of aryl methyl sites for hydroxylation is 1. The Hall–Kier alpha value is -1.88. The summed E-state index contributed by atoms with van der Waals surface area (Å²) in [5, 5.41) is 7.44. The Morgan fingerprint density at radius 1 is 1.38 bits per heavy atom. The highest BCUT2D eigenvalue weighted by Crippen LogP contribution is 2.23. The van der Waals surface area contributed by atoms with Gasteiger partial charge in [0.25, 0.3) is 0 Å². The van der Waals surface area contributed by atoms with E-state index in [9.17, 15) is 4.39 Å². The third-order valence-electron chi connectivity index (χ3n) is 3.41. The normalized spacial score (nSPS) is 10.9. The van der Waals surface area contributed by atoms with Gasteiger partial charge < -0.3 is 10.2 Å². The largest absolute Gasteiger partial charge is 0.370 e. The maximum absolute atomic E-state index is 14.1. The van der Waals surface area contributed by atoms with E-state index in [-0.39, 0.29) is 5.82 Å². The lowest BCUT2D eigenvalue weighted by Crippen LogP contribution is -2.22. The lowest BCUT2D eigenvalue weighted by Gasteiger charge is -2.22. The van der Waals surface area contributed by atoms with Crippen LogP contribution in [0.3, 0.4) is 0 Å². The highest BCUT2D eigenvalue weighted by molar-refractivity contribution is 5.54. The second kappa shape index (κ2) is 7.22. The first-order valence-corrected chi connectivity index (χ1v) is 7.28. The van der Waals surface area contributed by atoms with E-state index in [0.29, 0.717) is 13.1 Å².